The second kappa shape index (κ2) is 4.61. The molecule has 1 aromatic rings. The zero-order valence-corrected chi connectivity index (χ0v) is 8.52. The normalized spacial score (nSPS) is 20.6. The molecule has 14 heavy (non-hydrogen) atoms. The summed E-state index contributed by atoms with van der Waals surface area (Å²) < 4.78 is 0. The predicted molar refractivity (Wildman–Crippen MR) is 59.6 cm³/mol. The maximum absolute atomic E-state index is 6.26. The highest BCUT2D eigenvalue weighted by Crippen LogP contribution is 2.32. The number of nitrogens with two attached hydrogens (primary N) is 1. The fraction of sp³-hybridized carbons (Fsp3) is 0.462. The largest absolute Gasteiger partial charge is 0.324 e. The van der Waals surface area contributed by atoms with Gasteiger partial charge in [0.1, 0.15) is 0 Å². The smallest absolute Gasteiger partial charge is 0.0323 e. The van der Waals surface area contributed by atoms with Gasteiger partial charge in [-0.3, -0.25) is 0 Å². The van der Waals surface area contributed by atoms with Crippen molar-refractivity contribution in [2.24, 2.45) is 11.7 Å². The molecule has 1 aromatic carbocycles. The summed E-state index contributed by atoms with van der Waals surface area (Å²) in [5.41, 5.74) is 7.55. The summed E-state index contributed by atoms with van der Waals surface area (Å²) in [5.74, 6) is 0.683. The lowest BCUT2D eigenvalue weighted by Crippen LogP contribution is -2.23. The number of hydrogen-bond acceptors (Lipinski definition) is 1. The third-order valence-electron chi connectivity index (χ3n) is 3.18. The SMILES string of the molecule is NC(c1ccccc1)C1CC[CH]CC1. The van der Waals surface area contributed by atoms with E-state index in [1.807, 2.05) is 6.07 Å². The maximum atomic E-state index is 6.26. The van der Waals surface area contributed by atoms with Gasteiger partial charge in [-0.2, -0.15) is 0 Å². The molecular weight excluding hydrogens is 170 g/mol. The Bertz CT molecular complexity index is 262. The molecular formula is C13H18N. The van der Waals surface area contributed by atoms with Crippen LogP contribution < -0.4 is 5.73 Å². The molecule has 0 spiro atoms. The summed E-state index contributed by atoms with van der Waals surface area (Å²) in [4.78, 5) is 0. The van der Waals surface area contributed by atoms with E-state index in [1.165, 1.54) is 31.2 Å². The van der Waals surface area contributed by atoms with Crippen LogP contribution in [0.2, 0.25) is 0 Å². The van der Waals surface area contributed by atoms with Gasteiger partial charge in [-0.15, -0.1) is 0 Å². The van der Waals surface area contributed by atoms with Crippen LogP contribution in [0.4, 0.5) is 0 Å². The molecule has 2 rings (SSSR count). The molecule has 1 aliphatic carbocycles. The van der Waals surface area contributed by atoms with Crippen LogP contribution in [-0.4, -0.2) is 0 Å². The van der Waals surface area contributed by atoms with Gasteiger partial charge in [-0.25, -0.2) is 0 Å². The second-order valence-electron chi connectivity index (χ2n) is 4.14. The van der Waals surface area contributed by atoms with E-state index in [4.69, 9.17) is 5.73 Å². The Labute approximate surface area is 86.3 Å². The first-order valence-electron chi connectivity index (χ1n) is 5.50. The molecule has 0 aliphatic heterocycles. The Morgan fingerprint density at radius 1 is 1.07 bits per heavy atom. The van der Waals surface area contributed by atoms with Gasteiger partial charge in [0.05, 0.1) is 0 Å². The molecule has 1 radical (unpaired) electrons. The van der Waals surface area contributed by atoms with Crippen LogP contribution in [-0.2, 0) is 0 Å². The molecule has 2 N–H and O–H groups in total. The van der Waals surface area contributed by atoms with Crippen molar-refractivity contribution < 1.29 is 0 Å². The summed E-state index contributed by atoms with van der Waals surface area (Å²) in [5, 5.41) is 0. The molecule has 0 bridgehead atoms. The van der Waals surface area contributed by atoms with Crippen molar-refractivity contribution >= 4 is 0 Å². The Morgan fingerprint density at radius 2 is 1.71 bits per heavy atom. The van der Waals surface area contributed by atoms with Gasteiger partial charge < -0.3 is 5.73 Å². The van der Waals surface area contributed by atoms with Gasteiger partial charge in [-0.1, -0.05) is 30.3 Å². The van der Waals surface area contributed by atoms with Gasteiger partial charge in [0.2, 0.25) is 0 Å². The van der Waals surface area contributed by atoms with Crippen molar-refractivity contribution in [1.82, 2.24) is 0 Å². The van der Waals surface area contributed by atoms with Crippen molar-refractivity contribution in [2.45, 2.75) is 31.7 Å². The molecule has 0 aromatic heterocycles. The van der Waals surface area contributed by atoms with Crippen LogP contribution in [0.5, 0.6) is 0 Å². The van der Waals surface area contributed by atoms with Crippen LogP contribution in [0.3, 0.4) is 0 Å². The average molecular weight is 188 g/mol. The first kappa shape index (κ1) is 9.72. The second-order valence-corrected chi connectivity index (χ2v) is 4.14. The Hall–Kier alpha value is -0.820. The molecule has 1 nitrogen and oxygen atoms in total. The van der Waals surface area contributed by atoms with Crippen LogP contribution in [0.1, 0.15) is 37.3 Å². The lowest BCUT2D eigenvalue weighted by molar-refractivity contribution is 0.343. The zero-order chi connectivity index (χ0) is 9.80. The molecule has 0 amide bonds. The van der Waals surface area contributed by atoms with E-state index in [0.717, 1.165) is 0 Å². The lowest BCUT2D eigenvalue weighted by Gasteiger charge is -2.27. The molecule has 1 fully saturated rings. The van der Waals surface area contributed by atoms with Gasteiger partial charge in [0, 0.05) is 6.04 Å². The average Bonchev–Trinajstić information content (AvgIpc) is 2.30. The Kier molecular flexibility index (Phi) is 3.20. The minimum Gasteiger partial charge on any atom is -0.324 e. The molecule has 0 saturated heterocycles. The Balaban J connectivity index is 2.03. The van der Waals surface area contributed by atoms with Gasteiger partial charge in [0.15, 0.2) is 0 Å². The third kappa shape index (κ3) is 2.16. The van der Waals surface area contributed by atoms with Gasteiger partial charge >= 0.3 is 0 Å². The summed E-state index contributed by atoms with van der Waals surface area (Å²) in [6.07, 6.45) is 7.39. The number of hydrogen-bond donors (Lipinski definition) is 1. The van der Waals surface area contributed by atoms with Crippen LogP contribution in [0.15, 0.2) is 30.3 Å². The molecule has 75 valence electrons. The zero-order valence-electron chi connectivity index (χ0n) is 8.52. The quantitative estimate of drug-likeness (QED) is 0.758. The molecule has 1 saturated carbocycles. The lowest BCUT2D eigenvalue weighted by atomic mass is 9.82. The van der Waals surface area contributed by atoms with Gasteiger partial charge in [0.25, 0.3) is 0 Å². The maximum Gasteiger partial charge on any atom is 0.0323 e. The standard InChI is InChI=1S/C13H18N/c14-13(11-7-3-1-4-8-11)12-9-5-2-6-10-12/h1-4,7-8,12-13H,5-6,9-10,14H2. The minimum atomic E-state index is 0.241. The number of benzene rings is 1. The van der Waals surface area contributed by atoms with Crippen molar-refractivity contribution in [3.05, 3.63) is 42.3 Å². The van der Waals surface area contributed by atoms with E-state index < -0.39 is 0 Å². The number of rotatable bonds is 2. The summed E-state index contributed by atoms with van der Waals surface area (Å²) in [6.45, 7) is 0. The first-order chi connectivity index (χ1) is 6.88. The highest BCUT2D eigenvalue weighted by atomic mass is 14.7. The highest BCUT2D eigenvalue weighted by molar-refractivity contribution is 5.19. The van der Waals surface area contributed by atoms with Crippen LogP contribution in [0.25, 0.3) is 0 Å². The van der Waals surface area contributed by atoms with Crippen molar-refractivity contribution in [1.29, 1.82) is 0 Å². The monoisotopic (exact) mass is 188 g/mol. The van der Waals surface area contributed by atoms with Crippen molar-refractivity contribution in [3.63, 3.8) is 0 Å². The molecule has 0 heterocycles. The predicted octanol–water partition coefficient (Wildman–Crippen LogP) is 3.08. The van der Waals surface area contributed by atoms with E-state index in [9.17, 15) is 0 Å². The molecule has 1 aliphatic rings. The Morgan fingerprint density at radius 3 is 2.36 bits per heavy atom. The summed E-state index contributed by atoms with van der Waals surface area (Å²) in [6, 6.07) is 10.7. The topological polar surface area (TPSA) is 26.0 Å². The first-order valence-corrected chi connectivity index (χ1v) is 5.50. The van der Waals surface area contributed by atoms with Crippen LogP contribution in [0, 0.1) is 12.3 Å². The fourth-order valence-corrected chi connectivity index (χ4v) is 2.26. The highest BCUT2D eigenvalue weighted by Gasteiger charge is 2.21. The van der Waals surface area contributed by atoms with E-state index in [2.05, 4.69) is 30.7 Å². The van der Waals surface area contributed by atoms with E-state index in [1.54, 1.807) is 0 Å². The van der Waals surface area contributed by atoms with Crippen molar-refractivity contribution in [3.8, 4) is 0 Å². The van der Waals surface area contributed by atoms with Crippen molar-refractivity contribution in [2.75, 3.05) is 0 Å². The fourth-order valence-electron chi connectivity index (χ4n) is 2.26. The minimum absolute atomic E-state index is 0.241. The molecule has 1 heteroatoms. The van der Waals surface area contributed by atoms with E-state index in [0.29, 0.717) is 5.92 Å². The summed E-state index contributed by atoms with van der Waals surface area (Å²) in [7, 11) is 0. The molecule has 1 atom stereocenters. The summed E-state index contributed by atoms with van der Waals surface area (Å²) >= 11 is 0. The van der Waals surface area contributed by atoms with Gasteiger partial charge in [-0.05, 0) is 43.6 Å². The van der Waals surface area contributed by atoms with Crippen LogP contribution >= 0.6 is 0 Å². The van der Waals surface area contributed by atoms with E-state index >= 15 is 0 Å². The third-order valence-corrected chi connectivity index (χ3v) is 3.18. The molecule has 1 unspecified atom stereocenters. The van der Waals surface area contributed by atoms with E-state index in [-0.39, 0.29) is 6.04 Å².